The Morgan fingerprint density at radius 1 is 1.06 bits per heavy atom. The molecule has 2 aromatic rings. The molecule has 8 heteroatoms. The number of hydrogen-bond acceptors (Lipinski definition) is 5. The first-order valence-corrected chi connectivity index (χ1v) is 11.4. The molecule has 0 unspecified atom stereocenters. The number of hydrogen-bond donors (Lipinski definition) is 1. The van der Waals surface area contributed by atoms with Crippen molar-refractivity contribution in [1.29, 1.82) is 0 Å². The molecule has 1 aliphatic heterocycles. The molecule has 4 atom stereocenters. The molecule has 170 valence electrons. The van der Waals surface area contributed by atoms with Crippen LogP contribution < -0.4 is 10.2 Å². The lowest BCUT2D eigenvalue weighted by molar-refractivity contribution is -0.123. The number of ether oxygens (including phenoxy) is 1. The summed E-state index contributed by atoms with van der Waals surface area (Å²) in [6, 6.07) is 11.4. The highest BCUT2D eigenvalue weighted by Crippen LogP contribution is 2.56. The molecule has 7 nitrogen and oxygen atoms in total. The first-order valence-electron chi connectivity index (χ1n) is 11.0. The van der Waals surface area contributed by atoms with Gasteiger partial charge in [0.05, 0.1) is 23.1 Å². The zero-order valence-corrected chi connectivity index (χ0v) is 18.8. The molecule has 3 amide bonds. The van der Waals surface area contributed by atoms with Crippen molar-refractivity contribution in [2.24, 2.45) is 23.7 Å². The Kier molecular flexibility index (Phi) is 5.44. The Balaban J connectivity index is 1.25. The van der Waals surface area contributed by atoms with Crippen molar-refractivity contribution in [3.8, 4) is 0 Å². The van der Waals surface area contributed by atoms with Crippen molar-refractivity contribution in [3.05, 3.63) is 58.6 Å². The molecular formula is C25H23ClN2O5. The zero-order chi connectivity index (χ0) is 23.3. The molecule has 0 spiro atoms. The van der Waals surface area contributed by atoms with Crippen molar-refractivity contribution < 1.29 is 23.9 Å². The minimum atomic E-state index is -0.714. The van der Waals surface area contributed by atoms with Crippen molar-refractivity contribution in [1.82, 2.24) is 0 Å². The van der Waals surface area contributed by atoms with Crippen molar-refractivity contribution in [3.63, 3.8) is 0 Å². The largest absolute Gasteiger partial charge is 0.452 e. The predicted molar refractivity (Wildman–Crippen MR) is 122 cm³/mol. The molecule has 3 aliphatic rings. The number of halogens is 1. The molecule has 1 N–H and O–H groups in total. The molecule has 1 saturated heterocycles. The second-order valence-corrected chi connectivity index (χ2v) is 9.47. The highest BCUT2D eigenvalue weighted by Gasteiger charge is 2.61. The van der Waals surface area contributed by atoms with Crippen LogP contribution in [-0.2, 0) is 19.1 Å². The van der Waals surface area contributed by atoms with Gasteiger partial charge in [0, 0.05) is 10.7 Å². The van der Waals surface area contributed by atoms with E-state index in [-0.39, 0.29) is 41.0 Å². The Morgan fingerprint density at radius 3 is 2.45 bits per heavy atom. The minimum Gasteiger partial charge on any atom is -0.452 e. The molecule has 2 saturated carbocycles. The molecule has 0 radical (unpaired) electrons. The van der Waals surface area contributed by atoms with Gasteiger partial charge in [0.25, 0.3) is 5.91 Å². The Hall–Kier alpha value is -3.19. The summed E-state index contributed by atoms with van der Waals surface area (Å²) in [7, 11) is 0. The third-order valence-electron chi connectivity index (χ3n) is 7.08. The molecule has 0 aromatic heterocycles. The number of nitrogens with one attached hydrogen (secondary N) is 1. The van der Waals surface area contributed by atoms with Gasteiger partial charge in [0.15, 0.2) is 6.61 Å². The summed E-state index contributed by atoms with van der Waals surface area (Å²) in [5, 5.41) is 3.14. The van der Waals surface area contributed by atoms with Gasteiger partial charge in [-0.25, -0.2) is 4.79 Å². The fourth-order valence-electron chi connectivity index (χ4n) is 5.56. The first kappa shape index (κ1) is 21.6. The first-order chi connectivity index (χ1) is 15.8. The number of amides is 3. The van der Waals surface area contributed by atoms with Crippen LogP contribution in [0.5, 0.6) is 0 Å². The summed E-state index contributed by atoms with van der Waals surface area (Å²) in [6.07, 6.45) is 2.97. The van der Waals surface area contributed by atoms with Gasteiger partial charge in [-0.1, -0.05) is 23.7 Å². The average Bonchev–Trinajstić information content (AvgIpc) is 3.48. The lowest BCUT2D eigenvalue weighted by Crippen LogP contribution is -2.32. The van der Waals surface area contributed by atoms with Crippen LogP contribution in [0.2, 0.25) is 5.02 Å². The monoisotopic (exact) mass is 466 g/mol. The Labute approximate surface area is 196 Å². The van der Waals surface area contributed by atoms with Crippen LogP contribution in [0.1, 0.15) is 35.2 Å². The Morgan fingerprint density at radius 2 is 1.76 bits per heavy atom. The van der Waals surface area contributed by atoms with E-state index in [2.05, 4.69) is 5.32 Å². The fraction of sp³-hybridized carbons (Fsp3) is 0.360. The molecular weight excluding hydrogens is 444 g/mol. The van der Waals surface area contributed by atoms with Gasteiger partial charge in [-0.2, -0.15) is 0 Å². The number of fused-ring (bicyclic) bond motifs is 5. The van der Waals surface area contributed by atoms with Crippen LogP contribution in [0.15, 0.2) is 42.5 Å². The minimum absolute atomic E-state index is 0.167. The summed E-state index contributed by atoms with van der Waals surface area (Å²) in [5.74, 6) is -1.44. The molecule has 3 fully saturated rings. The van der Waals surface area contributed by atoms with Gasteiger partial charge in [-0.05, 0) is 73.9 Å². The molecule has 1 heterocycles. The lowest BCUT2D eigenvalue weighted by atomic mass is 9.81. The number of benzene rings is 2. The second-order valence-electron chi connectivity index (χ2n) is 9.03. The van der Waals surface area contributed by atoms with E-state index in [0.29, 0.717) is 16.4 Å². The lowest BCUT2D eigenvalue weighted by Gasteiger charge is -2.19. The standard InChI is InChI=1S/C25H23ClN2O5/c1-13-5-8-17(26)11-19(13)27-20(29)12-33-25(32)16-3-2-4-18(10-16)28-23(30)21-14-6-7-15(9-14)22(21)24(28)31/h2-5,8,10-11,14-15,21-22H,6-7,9,12H2,1H3,(H,27,29)/t14-,15-,21-,22+/m0/s1. The van der Waals surface area contributed by atoms with Gasteiger partial charge in [0.2, 0.25) is 11.8 Å². The summed E-state index contributed by atoms with van der Waals surface area (Å²) < 4.78 is 5.15. The SMILES string of the molecule is Cc1ccc(Cl)cc1NC(=O)COC(=O)c1cccc(N2C(=O)[C@@H]3[C@H]4CC[C@@H](C4)[C@@H]3C2=O)c1. The number of anilines is 2. The van der Waals surface area contributed by atoms with E-state index >= 15 is 0 Å². The van der Waals surface area contributed by atoms with Crippen LogP contribution in [0.4, 0.5) is 11.4 Å². The van der Waals surface area contributed by atoms with E-state index in [1.54, 1.807) is 30.3 Å². The summed E-state index contributed by atoms with van der Waals surface area (Å²) in [4.78, 5) is 52.1. The van der Waals surface area contributed by atoms with E-state index in [4.69, 9.17) is 16.3 Å². The third-order valence-corrected chi connectivity index (χ3v) is 7.31. The van der Waals surface area contributed by atoms with E-state index < -0.39 is 18.5 Å². The summed E-state index contributed by atoms with van der Waals surface area (Å²) in [6.45, 7) is 1.34. The molecule has 5 rings (SSSR count). The molecule has 2 bridgehead atoms. The van der Waals surface area contributed by atoms with E-state index in [0.717, 1.165) is 24.8 Å². The topological polar surface area (TPSA) is 92.8 Å². The van der Waals surface area contributed by atoms with Crippen LogP contribution >= 0.6 is 11.6 Å². The number of imide groups is 1. The van der Waals surface area contributed by atoms with Gasteiger partial charge < -0.3 is 10.1 Å². The van der Waals surface area contributed by atoms with Crippen molar-refractivity contribution in [2.75, 3.05) is 16.8 Å². The zero-order valence-electron chi connectivity index (χ0n) is 18.0. The number of carbonyl (C=O) groups excluding carboxylic acids is 4. The van der Waals surface area contributed by atoms with Crippen LogP contribution in [-0.4, -0.2) is 30.3 Å². The van der Waals surface area contributed by atoms with Crippen LogP contribution in [0.25, 0.3) is 0 Å². The fourth-order valence-corrected chi connectivity index (χ4v) is 5.74. The van der Waals surface area contributed by atoms with Crippen LogP contribution in [0.3, 0.4) is 0 Å². The number of aryl methyl sites for hydroxylation is 1. The highest BCUT2D eigenvalue weighted by atomic mass is 35.5. The van der Waals surface area contributed by atoms with E-state index in [9.17, 15) is 19.2 Å². The molecule has 2 aliphatic carbocycles. The number of esters is 1. The molecule has 33 heavy (non-hydrogen) atoms. The number of nitrogens with zero attached hydrogens (tertiary/aromatic N) is 1. The van der Waals surface area contributed by atoms with Crippen LogP contribution in [0, 0.1) is 30.6 Å². The third kappa shape index (κ3) is 3.80. The molecule has 2 aromatic carbocycles. The number of rotatable bonds is 5. The van der Waals surface area contributed by atoms with Gasteiger partial charge in [-0.3, -0.25) is 19.3 Å². The summed E-state index contributed by atoms with van der Waals surface area (Å²) in [5.41, 5.74) is 1.90. The van der Waals surface area contributed by atoms with Crippen molar-refractivity contribution >= 4 is 46.7 Å². The van der Waals surface area contributed by atoms with Crippen molar-refractivity contribution in [2.45, 2.75) is 26.2 Å². The average molecular weight is 467 g/mol. The maximum atomic E-state index is 13.0. The van der Waals surface area contributed by atoms with E-state index in [1.807, 2.05) is 6.92 Å². The predicted octanol–water partition coefficient (Wildman–Crippen LogP) is 3.98. The van der Waals surface area contributed by atoms with Gasteiger partial charge >= 0.3 is 5.97 Å². The van der Waals surface area contributed by atoms with Gasteiger partial charge in [0.1, 0.15) is 0 Å². The maximum absolute atomic E-state index is 13.0. The maximum Gasteiger partial charge on any atom is 0.338 e. The Bertz CT molecular complexity index is 1150. The summed E-state index contributed by atoms with van der Waals surface area (Å²) >= 11 is 5.96. The number of carbonyl (C=O) groups is 4. The normalized spacial score (nSPS) is 25.3. The highest BCUT2D eigenvalue weighted by molar-refractivity contribution is 6.31. The second kappa shape index (κ2) is 8.30. The van der Waals surface area contributed by atoms with Gasteiger partial charge in [-0.15, -0.1) is 0 Å². The van der Waals surface area contributed by atoms with E-state index in [1.165, 1.54) is 17.0 Å². The smallest absolute Gasteiger partial charge is 0.338 e. The quantitative estimate of drug-likeness (QED) is 0.531.